The fraction of sp³-hybridized carbons (Fsp3) is 0. The zero-order chi connectivity index (χ0) is 39.1. The average Bonchev–Trinajstić information content (AvgIpc) is 3.66. The second-order valence-electron chi connectivity index (χ2n) is 14.8. The zero-order valence-corrected chi connectivity index (χ0v) is 32.1. The number of benzene rings is 9. The van der Waals surface area contributed by atoms with E-state index in [-0.39, 0.29) is 0 Å². The Balaban J connectivity index is 1.12. The van der Waals surface area contributed by atoms with Crippen LogP contribution in [0.25, 0.3) is 106 Å². The van der Waals surface area contributed by atoms with Crippen molar-refractivity contribution in [3.8, 4) is 73.2 Å². The summed E-state index contributed by atoms with van der Waals surface area (Å²) in [6, 6.07) is 77.0. The maximum Gasteiger partial charge on any atom is 0.164 e. The van der Waals surface area contributed by atoms with Gasteiger partial charge < -0.3 is 4.57 Å². The van der Waals surface area contributed by atoms with E-state index in [2.05, 4.69) is 217 Å². The van der Waals surface area contributed by atoms with Crippen molar-refractivity contribution in [2.45, 2.75) is 0 Å². The van der Waals surface area contributed by atoms with E-state index in [1.54, 1.807) is 0 Å². The topological polar surface area (TPSA) is 43.6 Å². The molecule has 9 aromatic carbocycles. The Morgan fingerprint density at radius 2 is 0.729 bits per heavy atom. The number of rotatable bonds is 7. The minimum absolute atomic E-state index is 0.608. The highest BCUT2D eigenvalue weighted by Gasteiger charge is 2.19. The van der Waals surface area contributed by atoms with Crippen LogP contribution in [0.3, 0.4) is 0 Å². The van der Waals surface area contributed by atoms with E-state index < -0.39 is 0 Å². The monoisotopic (exact) mass is 752 g/mol. The normalized spacial score (nSPS) is 11.4. The Bertz CT molecular complexity index is 3250. The molecule has 0 bridgehead atoms. The van der Waals surface area contributed by atoms with Crippen LogP contribution in [-0.2, 0) is 0 Å². The van der Waals surface area contributed by atoms with E-state index in [9.17, 15) is 0 Å². The third-order valence-electron chi connectivity index (χ3n) is 11.3. The van der Waals surface area contributed by atoms with Gasteiger partial charge in [0.1, 0.15) is 0 Å². The van der Waals surface area contributed by atoms with Crippen molar-refractivity contribution in [3.05, 3.63) is 218 Å². The molecule has 0 saturated heterocycles. The molecule has 11 rings (SSSR count). The van der Waals surface area contributed by atoms with Gasteiger partial charge in [0.25, 0.3) is 0 Å². The number of hydrogen-bond acceptors (Lipinski definition) is 3. The Morgan fingerprint density at radius 3 is 1.36 bits per heavy atom. The van der Waals surface area contributed by atoms with E-state index in [0.717, 1.165) is 55.5 Å². The van der Waals surface area contributed by atoms with Crippen LogP contribution >= 0.6 is 0 Å². The van der Waals surface area contributed by atoms with Crippen molar-refractivity contribution < 1.29 is 0 Å². The van der Waals surface area contributed by atoms with Gasteiger partial charge in [0.05, 0.1) is 16.7 Å². The minimum Gasteiger partial charge on any atom is -0.309 e. The van der Waals surface area contributed by atoms with Crippen LogP contribution in [0.15, 0.2) is 218 Å². The van der Waals surface area contributed by atoms with Crippen molar-refractivity contribution >= 4 is 32.6 Å². The van der Waals surface area contributed by atoms with E-state index in [4.69, 9.17) is 15.0 Å². The number of nitrogens with zero attached hydrogens (tertiary/aromatic N) is 4. The summed E-state index contributed by atoms with van der Waals surface area (Å²) >= 11 is 0. The highest BCUT2D eigenvalue weighted by molar-refractivity contribution is 6.10. The minimum atomic E-state index is 0.608. The van der Waals surface area contributed by atoms with Gasteiger partial charge in [-0.1, -0.05) is 194 Å². The first-order chi connectivity index (χ1) is 29.2. The summed E-state index contributed by atoms with van der Waals surface area (Å²) in [4.78, 5) is 15.7. The highest BCUT2D eigenvalue weighted by atomic mass is 15.0. The molecule has 276 valence electrons. The second-order valence-corrected chi connectivity index (χ2v) is 14.8. The van der Waals surface area contributed by atoms with Crippen LogP contribution in [0.5, 0.6) is 0 Å². The predicted octanol–water partition coefficient (Wildman–Crippen LogP) is 14.1. The third-order valence-corrected chi connectivity index (χ3v) is 11.3. The molecule has 0 atom stereocenters. The fourth-order valence-corrected chi connectivity index (χ4v) is 8.40. The van der Waals surface area contributed by atoms with Gasteiger partial charge in [0.2, 0.25) is 0 Å². The molecule has 0 amide bonds. The van der Waals surface area contributed by atoms with Crippen LogP contribution in [0, 0.1) is 0 Å². The molecule has 2 aromatic heterocycles. The van der Waals surface area contributed by atoms with Crippen molar-refractivity contribution in [3.63, 3.8) is 0 Å². The highest BCUT2D eigenvalue weighted by Crippen LogP contribution is 2.39. The summed E-state index contributed by atoms with van der Waals surface area (Å²) in [6.07, 6.45) is 0. The lowest BCUT2D eigenvalue weighted by Crippen LogP contribution is -2.02. The van der Waals surface area contributed by atoms with E-state index >= 15 is 0 Å². The van der Waals surface area contributed by atoms with Gasteiger partial charge >= 0.3 is 0 Å². The van der Waals surface area contributed by atoms with Crippen molar-refractivity contribution in [2.75, 3.05) is 0 Å². The average molecular weight is 753 g/mol. The quantitative estimate of drug-likeness (QED) is 0.163. The molecular formula is C55H36N4. The zero-order valence-electron chi connectivity index (χ0n) is 32.1. The smallest absolute Gasteiger partial charge is 0.164 e. The summed E-state index contributed by atoms with van der Waals surface area (Å²) < 4.78 is 2.38. The Labute approximate surface area is 342 Å². The summed E-state index contributed by atoms with van der Waals surface area (Å²) in [5.74, 6) is 1.85. The molecule has 0 spiro atoms. The van der Waals surface area contributed by atoms with Crippen molar-refractivity contribution in [2.24, 2.45) is 0 Å². The first-order valence-electron chi connectivity index (χ1n) is 19.9. The molecule has 59 heavy (non-hydrogen) atoms. The largest absolute Gasteiger partial charge is 0.309 e. The summed E-state index contributed by atoms with van der Waals surface area (Å²) in [5.41, 5.74) is 13.0. The molecular weight excluding hydrogens is 717 g/mol. The Kier molecular flexibility index (Phi) is 8.45. The molecule has 0 fully saturated rings. The second kappa shape index (κ2) is 14.5. The molecule has 0 N–H and O–H groups in total. The van der Waals surface area contributed by atoms with Crippen LogP contribution in [-0.4, -0.2) is 19.5 Å². The predicted molar refractivity (Wildman–Crippen MR) is 244 cm³/mol. The first-order valence-corrected chi connectivity index (χ1v) is 19.9. The third kappa shape index (κ3) is 6.24. The van der Waals surface area contributed by atoms with E-state index in [1.165, 1.54) is 32.8 Å². The number of para-hydroxylation sites is 2. The molecule has 0 aliphatic heterocycles. The molecule has 2 heterocycles. The Hall–Kier alpha value is -7.95. The van der Waals surface area contributed by atoms with Gasteiger partial charge in [-0.15, -0.1) is 0 Å². The molecule has 0 aliphatic rings. The van der Waals surface area contributed by atoms with Crippen molar-refractivity contribution in [1.82, 2.24) is 19.5 Å². The van der Waals surface area contributed by atoms with Gasteiger partial charge in [-0.25, -0.2) is 15.0 Å². The summed E-state index contributed by atoms with van der Waals surface area (Å²) in [7, 11) is 0. The van der Waals surface area contributed by atoms with E-state index in [1.807, 2.05) is 6.07 Å². The standard InChI is InChI=1S/C55H36N4/c1-4-15-37(16-5-1)38-27-29-41(30-28-38)53-56-54(43-31-33-46-42(35-43)21-14-24-45(46)39-17-6-2-7-18-39)58-55(57-53)44-32-34-47(40-19-8-3-9-20-40)52(36-44)59-50-25-12-10-22-48(50)49-23-11-13-26-51(49)59/h1-36H. The first kappa shape index (κ1) is 34.3. The maximum atomic E-state index is 5.27. The molecule has 0 aliphatic carbocycles. The van der Waals surface area contributed by atoms with E-state index in [0.29, 0.717) is 17.5 Å². The fourth-order valence-electron chi connectivity index (χ4n) is 8.40. The molecule has 0 radical (unpaired) electrons. The van der Waals surface area contributed by atoms with Crippen LogP contribution in [0.4, 0.5) is 0 Å². The number of fused-ring (bicyclic) bond motifs is 4. The maximum absolute atomic E-state index is 5.27. The van der Waals surface area contributed by atoms with Gasteiger partial charge in [-0.3, -0.25) is 0 Å². The van der Waals surface area contributed by atoms with Crippen LogP contribution in [0.1, 0.15) is 0 Å². The SMILES string of the molecule is c1ccc(-c2ccc(-c3nc(-c4ccc(-c5ccccc5)c(-n5c6ccccc6c6ccccc65)c4)nc(-c4ccc5c(-c6ccccc6)cccc5c4)n3)cc2)cc1. The van der Waals surface area contributed by atoms with Crippen molar-refractivity contribution in [1.29, 1.82) is 0 Å². The van der Waals surface area contributed by atoms with Gasteiger partial charge in [0.15, 0.2) is 17.5 Å². The lowest BCUT2D eigenvalue weighted by atomic mass is 9.97. The Morgan fingerprint density at radius 1 is 0.271 bits per heavy atom. The molecule has 4 nitrogen and oxygen atoms in total. The molecule has 4 heteroatoms. The molecule has 11 aromatic rings. The lowest BCUT2D eigenvalue weighted by Gasteiger charge is -2.16. The molecule has 0 unspecified atom stereocenters. The summed E-state index contributed by atoms with van der Waals surface area (Å²) in [6.45, 7) is 0. The van der Waals surface area contributed by atoms with Crippen LogP contribution in [0.2, 0.25) is 0 Å². The lowest BCUT2D eigenvalue weighted by molar-refractivity contribution is 1.07. The van der Waals surface area contributed by atoms with Gasteiger partial charge in [-0.2, -0.15) is 0 Å². The number of hydrogen-bond donors (Lipinski definition) is 0. The van der Waals surface area contributed by atoms with Crippen LogP contribution < -0.4 is 0 Å². The number of aromatic nitrogens is 4. The van der Waals surface area contributed by atoms with Gasteiger partial charge in [-0.05, 0) is 62.9 Å². The van der Waals surface area contributed by atoms with Gasteiger partial charge in [0, 0.05) is 33.0 Å². The molecule has 0 saturated carbocycles. The summed E-state index contributed by atoms with van der Waals surface area (Å²) in [5, 5.41) is 4.73.